The van der Waals surface area contributed by atoms with Crippen LogP contribution in [0.5, 0.6) is 11.5 Å². The second kappa shape index (κ2) is 9.25. The summed E-state index contributed by atoms with van der Waals surface area (Å²) in [5.74, 6) is 0.740. The molecule has 3 aliphatic rings. The summed E-state index contributed by atoms with van der Waals surface area (Å²) in [6, 6.07) is 4.84. The van der Waals surface area contributed by atoms with Crippen molar-refractivity contribution < 1.29 is 28.2 Å². The first-order valence-electron chi connectivity index (χ1n) is 13.0. The van der Waals surface area contributed by atoms with E-state index < -0.39 is 17.5 Å². The molecule has 0 aliphatic carbocycles. The van der Waals surface area contributed by atoms with Crippen molar-refractivity contribution >= 4 is 29.0 Å². The van der Waals surface area contributed by atoms with Gasteiger partial charge in [-0.2, -0.15) is 0 Å². The normalized spacial score (nSPS) is 18.7. The van der Waals surface area contributed by atoms with Gasteiger partial charge in [0.2, 0.25) is 5.91 Å². The van der Waals surface area contributed by atoms with E-state index in [0.717, 1.165) is 11.1 Å². The quantitative estimate of drug-likeness (QED) is 0.458. The van der Waals surface area contributed by atoms with Gasteiger partial charge in [0.1, 0.15) is 23.5 Å². The molecule has 0 saturated heterocycles. The van der Waals surface area contributed by atoms with Crippen LogP contribution in [0.3, 0.4) is 0 Å². The van der Waals surface area contributed by atoms with E-state index in [1.165, 1.54) is 17.3 Å². The average molecular weight is 536 g/mol. The van der Waals surface area contributed by atoms with Crippen LogP contribution in [0.2, 0.25) is 0 Å². The number of anilines is 1. The van der Waals surface area contributed by atoms with Crippen molar-refractivity contribution in [2.24, 2.45) is 0 Å². The van der Waals surface area contributed by atoms with Gasteiger partial charge in [-0.25, -0.2) is 9.18 Å². The molecule has 0 saturated carbocycles. The molecule has 1 aromatic carbocycles. The highest BCUT2D eigenvalue weighted by Crippen LogP contribution is 2.43. The van der Waals surface area contributed by atoms with Crippen LogP contribution >= 0.6 is 0 Å². The third-order valence-corrected chi connectivity index (χ3v) is 7.25. The second-order valence-electron chi connectivity index (χ2n) is 11.0. The predicted octanol–water partition coefficient (Wildman–Crippen LogP) is 4.31. The van der Waals surface area contributed by atoms with Crippen molar-refractivity contribution in [3.63, 3.8) is 0 Å². The zero-order valence-corrected chi connectivity index (χ0v) is 22.4. The van der Waals surface area contributed by atoms with Gasteiger partial charge in [0.25, 0.3) is 0 Å². The van der Waals surface area contributed by atoms with E-state index in [9.17, 15) is 9.59 Å². The molecule has 3 aromatic rings. The molecule has 3 aliphatic heterocycles. The molecule has 10 nitrogen and oxygen atoms in total. The van der Waals surface area contributed by atoms with Gasteiger partial charge in [-0.05, 0) is 51.0 Å². The van der Waals surface area contributed by atoms with Gasteiger partial charge < -0.3 is 19.1 Å². The van der Waals surface area contributed by atoms with Crippen LogP contribution in [-0.4, -0.2) is 63.4 Å². The first-order chi connectivity index (χ1) is 18.6. The van der Waals surface area contributed by atoms with Crippen LogP contribution in [0.15, 0.2) is 30.6 Å². The summed E-state index contributed by atoms with van der Waals surface area (Å²) in [7, 11) is 0. The number of hydrogen-bond donors (Lipinski definition) is 0. The maximum absolute atomic E-state index is 15.4. The van der Waals surface area contributed by atoms with Crippen LogP contribution in [0.4, 0.5) is 15.0 Å². The zero-order valence-electron chi connectivity index (χ0n) is 22.4. The van der Waals surface area contributed by atoms with Crippen molar-refractivity contribution in [1.82, 2.24) is 19.5 Å². The lowest BCUT2D eigenvalue weighted by atomic mass is 9.95. The molecule has 204 valence electrons. The Balaban J connectivity index is 1.53. The van der Waals surface area contributed by atoms with Gasteiger partial charge in [-0.1, -0.05) is 6.08 Å². The highest BCUT2D eigenvalue weighted by atomic mass is 19.1. The van der Waals surface area contributed by atoms with E-state index >= 15 is 4.39 Å². The zero-order chi connectivity index (χ0) is 27.5. The minimum Gasteiger partial charge on any atom is -0.493 e. The van der Waals surface area contributed by atoms with Crippen LogP contribution in [-0.2, 0) is 16.1 Å². The number of benzene rings is 1. The van der Waals surface area contributed by atoms with E-state index in [0.29, 0.717) is 60.2 Å². The SMILES string of the molecule is CC(=O)N1CC=C(c2cc3c(n4cnnc24)N(C(=O)OC(C)(C)C)Cc2c(F)ccc4c2[C@H](CO4)CO3)CC1. The molecule has 0 bridgehead atoms. The fraction of sp³-hybridized carbons (Fsp3) is 0.429. The van der Waals surface area contributed by atoms with Gasteiger partial charge in [0.15, 0.2) is 17.2 Å². The summed E-state index contributed by atoms with van der Waals surface area (Å²) >= 11 is 0. The second-order valence-corrected chi connectivity index (χ2v) is 11.0. The molecule has 0 N–H and O–H groups in total. The first-order valence-corrected chi connectivity index (χ1v) is 13.0. The van der Waals surface area contributed by atoms with Gasteiger partial charge in [-0.3, -0.25) is 14.1 Å². The Bertz CT molecular complexity index is 1520. The van der Waals surface area contributed by atoms with E-state index in [1.807, 2.05) is 12.1 Å². The number of aromatic nitrogens is 3. The molecule has 39 heavy (non-hydrogen) atoms. The lowest BCUT2D eigenvalue weighted by Gasteiger charge is -2.30. The van der Waals surface area contributed by atoms with Crippen molar-refractivity contribution in [2.75, 3.05) is 31.2 Å². The highest BCUT2D eigenvalue weighted by Gasteiger charge is 2.37. The van der Waals surface area contributed by atoms with E-state index in [4.69, 9.17) is 14.2 Å². The van der Waals surface area contributed by atoms with Gasteiger partial charge in [0.05, 0.1) is 25.7 Å². The number of pyridine rings is 1. The van der Waals surface area contributed by atoms with Gasteiger partial charge in [-0.15, -0.1) is 10.2 Å². The summed E-state index contributed by atoms with van der Waals surface area (Å²) in [6.45, 7) is 8.45. The predicted molar refractivity (Wildman–Crippen MR) is 140 cm³/mol. The monoisotopic (exact) mass is 535 g/mol. The van der Waals surface area contributed by atoms with Crippen molar-refractivity contribution in [1.29, 1.82) is 0 Å². The van der Waals surface area contributed by atoms with Crippen LogP contribution in [0, 0.1) is 5.82 Å². The Labute approximate surface area is 224 Å². The number of halogens is 1. The third-order valence-electron chi connectivity index (χ3n) is 7.25. The third kappa shape index (κ3) is 4.45. The number of amides is 2. The van der Waals surface area contributed by atoms with Crippen molar-refractivity contribution in [3.05, 3.63) is 53.1 Å². The molecule has 2 aromatic heterocycles. The minimum atomic E-state index is -0.791. The van der Waals surface area contributed by atoms with Crippen LogP contribution in [0.25, 0.3) is 11.2 Å². The molecular formula is C28H30FN5O5. The fourth-order valence-electron chi connectivity index (χ4n) is 5.41. The smallest absolute Gasteiger partial charge is 0.416 e. The Hall–Kier alpha value is -4.15. The van der Waals surface area contributed by atoms with E-state index in [1.54, 1.807) is 43.1 Å². The fourth-order valence-corrected chi connectivity index (χ4v) is 5.41. The summed E-state index contributed by atoms with van der Waals surface area (Å²) in [6.07, 6.45) is 3.50. The molecule has 11 heteroatoms. The number of nitrogens with zero attached hydrogens (tertiary/aromatic N) is 5. The number of fused-ring (bicyclic) bond motifs is 3. The minimum absolute atomic E-state index is 0.0219. The van der Waals surface area contributed by atoms with E-state index in [-0.39, 0.29) is 25.0 Å². The van der Waals surface area contributed by atoms with Crippen LogP contribution < -0.4 is 14.4 Å². The number of ether oxygens (including phenoxy) is 3. The first kappa shape index (κ1) is 25.1. The van der Waals surface area contributed by atoms with Crippen LogP contribution in [0.1, 0.15) is 56.7 Å². The Morgan fingerprint density at radius 1 is 1.15 bits per heavy atom. The lowest BCUT2D eigenvalue weighted by Crippen LogP contribution is -2.38. The average Bonchev–Trinajstić information content (AvgIpc) is 3.54. The molecule has 0 unspecified atom stereocenters. The van der Waals surface area contributed by atoms with Crippen molar-refractivity contribution in [3.8, 4) is 11.5 Å². The largest absolute Gasteiger partial charge is 0.493 e. The molecule has 0 radical (unpaired) electrons. The van der Waals surface area contributed by atoms with Crippen molar-refractivity contribution in [2.45, 2.75) is 52.2 Å². The highest BCUT2D eigenvalue weighted by molar-refractivity contribution is 5.91. The van der Waals surface area contributed by atoms with Gasteiger partial charge >= 0.3 is 6.09 Å². The Morgan fingerprint density at radius 3 is 2.62 bits per heavy atom. The summed E-state index contributed by atoms with van der Waals surface area (Å²) in [4.78, 5) is 28.7. The molecule has 6 rings (SSSR count). The lowest BCUT2D eigenvalue weighted by molar-refractivity contribution is -0.128. The Morgan fingerprint density at radius 2 is 1.92 bits per heavy atom. The van der Waals surface area contributed by atoms with E-state index in [2.05, 4.69) is 10.2 Å². The molecule has 1 atom stereocenters. The Kier molecular flexibility index (Phi) is 5.96. The standard InChI is InChI=1S/C28H30FN5O5/c1-16(35)32-9-7-17(8-10-32)19-11-23-26(34-15-30-31-25(19)34)33(27(36)39-28(2,3)4)12-20-21(29)5-6-22-24(20)18(13-37-22)14-38-23/h5-7,11,15,18H,8-10,12-14H2,1-4H3/t18-/m1/s1. The molecular weight excluding hydrogens is 505 g/mol. The van der Waals surface area contributed by atoms with Gasteiger partial charge in [0, 0.05) is 36.7 Å². The maximum atomic E-state index is 15.4. The number of rotatable bonds is 1. The summed E-state index contributed by atoms with van der Waals surface area (Å²) < 4.78 is 35.1. The number of carbonyl (C=O) groups is 2. The molecule has 2 amide bonds. The summed E-state index contributed by atoms with van der Waals surface area (Å²) in [5, 5.41) is 8.52. The maximum Gasteiger partial charge on any atom is 0.416 e. The molecule has 5 heterocycles. The summed E-state index contributed by atoms with van der Waals surface area (Å²) in [5.41, 5.74) is 2.60. The molecule has 0 spiro atoms. The topological polar surface area (TPSA) is 98.5 Å². The molecule has 0 fully saturated rings. The number of carbonyl (C=O) groups excluding carboxylic acids is 2. The number of hydrogen-bond acceptors (Lipinski definition) is 7.